The average Bonchev–Trinajstić information content (AvgIpc) is 3.34. The highest BCUT2D eigenvalue weighted by atomic mass is 35.5. The van der Waals surface area contributed by atoms with E-state index in [9.17, 15) is 10.5 Å². The van der Waals surface area contributed by atoms with Gasteiger partial charge in [-0.15, -0.1) is 0 Å². The van der Waals surface area contributed by atoms with Crippen molar-refractivity contribution in [3.05, 3.63) is 22.3 Å². The molecule has 2 fully saturated rings. The number of nitrogens with zero attached hydrogens (tertiary/aromatic N) is 5. The van der Waals surface area contributed by atoms with Crippen LogP contribution in [0.25, 0.3) is 0 Å². The van der Waals surface area contributed by atoms with Crippen molar-refractivity contribution >= 4 is 17.4 Å². The van der Waals surface area contributed by atoms with Gasteiger partial charge in [0.1, 0.15) is 17.9 Å². The van der Waals surface area contributed by atoms with Crippen molar-refractivity contribution < 1.29 is 0 Å². The summed E-state index contributed by atoms with van der Waals surface area (Å²) in [6.07, 6.45) is 3.97. The first kappa shape index (κ1) is 14.1. The number of rotatable bonds is 2. The Balaban J connectivity index is 1.87. The predicted molar refractivity (Wildman–Crippen MR) is 80.0 cm³/mol. The van der Waals surface area contributed by atoms with E-state index in [1.807, 2.05) is 11.8 Å². The van der Waals surface area contributed by atoms with E-state index in [1.54, 1.807) is 6.20 Å². The molecular weight excluding hydrogens is 286 g/mol. The molecule has 3 rings (SSSR count). The van der Waals surface area contributed by atoms with Crippen molar-refractivity contribution in [3.63, 3.8) is 0 Å². The van der Waals surface area contributed by atoms with E-state index in [1.165, 1.54) is 12.8 Å². The Hall–Kier alpha value is -1.82. The molecule has 2 aliphatic rings. The number of piperazine rings is 1. The number of anilines is 1. The Labute approximate surface area is 129 Å². The van der Waals surface area contributed by atoms with Crippen molar-refractivity contribution in [2.24, 2.45) is 0 Å². The highest BCUT2D eigenvalue weighted by Gasteiger charge is 2.38. The van der Waals surface area contributed by atoms with Crippen LogP contribution in [-0.2, 0) is 0 Å². The third-order valence-electron chi connectivity index (χ3n) is 4.26. The molecule has 21 heavy (non-hydrogen) atoms. The Kier molecular flexibility index (Phi) is 3.71. The number of hydrogen-bond donors (Lipinski definition) is 0. The second kappa shape index (κ2) is 5.52. The Bertz CT molecular complexity index is 641. The summed E-state index contributed by atoms with van der Waals surface area (Å²) in [6.45, 7) is 4.05. The molecule has 108 valence electrons. The van der Waals surface area contributed by atoms with Crippen LogP contribution in [0.15, 0.2) is 6.20 Å². The zero-order valence-electron chi connectivity index (χ0n) is 11.9. The molecule has 0 radical (unpaired) electrons. The van der Waals surface area contributed by atoms with E-state index in [-0.39, 0.29) is 6.04 Å². The maximum absolute atomic E-state index is 9.40. The molecule has 0 amide bonds. The van der Waals surface area contributed by atoms with Gasteiger partial charge in [0.15, 0.2) is 0 Å². The van der Waals surface area contributed by atoms with Crippen LogP contribution in [0.4, 0.5) is 5.82 Å². The smallest absolute Gasteiger partial charge is 0.147 e. The Morgan fingerprint density at radius 2 is 2.10 bits per heavy atom. The van der Waals surface area contributed by atoms with Gasteiger partial charge in [0.05, 0.1) is 16.7 Å². The molecule has 1 unspecified atom stereocenters. The van der Waals surface area contributed by atoms with Gasteiger partial charge in [-0.2, -0.15) is 10.5 Å². The molecule has 1 aromatic rings. The number of pyridine rings is 1. The summed E-state index contributed by atoms with van der Waals surface area (Å²) in [5.74, 6) is 0.648. The van der Waals surface area contributed by atoms with Crippen molar-refractivity contribution in [1.82, 2.24) is 9.88 Å². The van der Waals surface area contributed by atoms with Gasteiger partial charge in [-0.3, -0.25) is 4.90 Å². The number of hydrogen-bond acceptors (Lipinski definition) is 5. The molecule has 1 saturated heterocycles. The van der Waals surface area contributed by atoms with Crippen LogP contribution < -0.4 is 4.90 Å². The topological polar surface area (TPSA) is 67.0 Å². The zero-order valence-corrected chi connectivity index (χ0v) is 12.6. The van der Waals surface area contributed by atoms with E-state index in [4.69, 9.17) is 11.6 Å². The van der Waals surface area contributed by atoms with Crippen LogP contribution >= 0.6 is 11.6 Å². The first-order valence-electron chi connectivity index (χ1n) is 7.11. The average molecular weight is 302 g/mol. The third-order valence-corrected chi connectivity index (χ3v) is 4.64. The third kappa shape index (κ3) is 2.55. The van der Waals surface area contributed by atoms with Gasteiger partial charge in [-0.25, -0.2) is 4.98 Å². The Morgan fingerprint density at radius 1 is 1.33 bits per heavy atom. The summed E-state index contributed by atoms with van der Waals surface area (Å²) in [5.41, 5.74) is 1.27. The van der Waals surface area contributed by atoms with E-state index < -0.39 is 0 Å². The summed E-state index contributed by atoms with van der Waals surface area (Å²) >= 11 is 6.04. The van der Waals surface area contributed by atoms with Crippen molar-refractivity contribution in [3.8, 4) is 12.1 Å². The maximum atomic E-state index is 9.40. The SMILES string of the molecule is Cc1c(Cl)cnc(N2CCN(C3CC3)C(C#N)C2)c1C#N. The molecule has 2 heterocycles. The molecule has 5 nitrogen and oxygen atoms in total. The molecule has 0 bridgehead atoms. The van der Waals surface area contributed by atoms with E-state index in [2.05, 4.69) is 22.0 Å². The van der Waals surface area contributed by atoms with E-state index in [0.29, 0.717) is 29.0 Å². The Morgan fingerprint density at radius 3 is 2.71 bits per heavy atom. The van der Waals surface area contributed by atoms with Gasteiger partial charge < -0.3 is 4.90 Å². The molecule has 0 aromatic carbocycles. The summed E-state index contributed by atoms with van der Waals surface area (Å²) in [4.78, 5) is 8.65. The quantitative estimate of drug-likeness (QED) is 0.837. The lowest BCUT2D eigenvalue weighted by Crippen LogP contribution is -2.53. The lowest BCUT2D eigenvalue weighted by Gasteiger charge is -2.39. The van der Waals surface area contributed by atoms with Crippen molar-refractivity contribution in [2.75, 3.05) is 24.5 Å². The standard InChI is InChI=1S/C15H16ClN5/c1-10-13(7-18)15(19-8-14(10)16)20-4-5-21(11-2-3-11)12(6-17)9-20/h8,11-12H,2-5,9H2,1H3. The summed E-state index contributed by atoms with van der Waals surface area (Å²) in [5, 5.41) is 19.3. The summed E-state index contributed by atoms with van der Waals surface area (Å²) in [6, 6.07) is 5.03. The van der Waals surface area contributed by atoms with Gasteiger partial charge in [-0.1, -0.05) is 11.6 Å². The van der Waals surface area contributed by atoms with Crippen LogP contribution in [0.3, 0.4) is 0 Å². The highest BCUT2D eigenvalue weighted by Crippen LogP contribution is 2.32. The minimum absolute atomic E-state index is 0.129. The summed E-state index contributed by atoms with van der Waals surface area (Å²) in [7, 11) is 0. The van der Waals surface area contributed by atoms with Gasteiger partial charge in [0.25, 0.3) is 0 Å². The fourth-order valence-corrected chi connectivity index (χ4v) is 3.03. The van der Waals surface area contributed by atoms with Gasteiger partial charge >= 0.3 is 0 Å². The summed E-state index contributed by atoms with van der Waals surface area (Å²) < 4.78 is 0. The highest BCUT2D eigenvalue weighted by molar-refractivity contribution is 6.31. The van der Waals surface area contributed by atoms with Crippen LogP contribution in [0, 0.1) is 29.6 Å². The number of nitriles is 2. The molecule has 0 spiro atoms. The molecule has 0 N–H and O–H groups in total. The van der Waals surface area contributed by atoms with Crippen LogP contribution in [0.2, 0.25) is 5.02 Å². The van der Waals surface area contributed by atoms with Crippen molar-refractivity contribution in [2.45, 2.75) is 31.8 Å². The lowest BCUT2D eigenvalue weighted by molar-refractivity contribution is 0.203. The minimum atomic E-state index is -0.129. The first-order valence-corrected chi connectivity index (χ1v) is 7.49. The zero-order chi connectivity index (χ0) is 15.0. The molecular formula is C15H16ClN5. The largest absolute Gasteiger partial charge is 0.352 e. The van der Waals surface area contributed by atoms with Gasteiger partial charge in [-0.05, 0) is 25.3 Å². The fraction of sp³-hybridized carbons (Fsp3) is 0.533. The molecule has 1 saturated carbocycles. The first-order chi connectivity index (χ1) is 10.2. The van der Waals surface area contributed by atoms with E-state index >= 15 is 0 Å². The fourth-order valence-electron chi connectivity index (χ4n) is 2.89. The lowest BCUT2D eigenvalue weighted by atomic mass is 10.1. The van der Waals surface area contributed by atoms with E-state index in [0.717, 1.165) is 18.7 Å². The van der Waals surface area contributed by atoms with Crippen LogP contribution in [0.1, 0.15) is 24.0 Å². The molecule has 1 aliphatic carbocycles. The van der Waals surface area contributed by atoms with Gasteiger partial charge in [0, 0.05) is 31.9 Å². The molecule has 1 aliphatic heterocycles. The normalized spacial score (nSPS) is 22.7. The molecule has 1 atom stereocenters. The second-order valence-corrected chi connectivity index (χ2v) is 6.01. The second-order valence-electron chi connectivity index (χ2n) is 5.60. The molecule has 1 aromatic heterocycles. The molecule has 6 heteroatoms. The predicted octanol–water partition coefficient (Wildman–Crippen LogP) is 2.09. The number of halogens is 1. The maximum Gasteiger partial charge on any atom is 0.147 e. The monoisotopic (exact) mass is 301 g/mol. The van der Waals surface area contributed by atoms with Gasteiger partial charge in [0.2, 0.25) is 0 Å². The van der Waals surface area contributed by atoms with Crippen LogP contribution in [0.5, 0.6) is 0 Å². The minimum Gasteiger partial charge on any atom is -0.352 e. The van der Waals surface area contributed by atoms with Crippen LogP contribution in [-0.4, -0.2) is 41.6 Å². The van der Waals surface area contributed by atoms with Crippen molar-refractivity contribution in [1.29, 1.82) is 10.5 Å². The number of aromatic nitrogens is 1.